The summed E-state index contributed by atoms with van der Waals surface area (Å²) in [6.07, 6.45) is 0. The number of aryl methyl sites for hydroxylation is 2. The first kappa shape index (κ1) is 14.3. The standard InChI is InChI=1S/C14H15FN2O2S/c1-9-6-11(15)7-10(2)14(9)20(18,19)17-13-5-3-4-12(16)8-13/h3-8,17H,16H2,1-2H3. The van der Waals surface area contributed by atoms with Crippen LogP contribution < -0.4 is 10.5 Å². The maximum atomic E-state index is 13.2. The highest BCUT2D eigenvalue weighted by Crippen LogP contribution is 2.24. The first-order chi connectivity index (χ1) is 9.29. The second kappa shape index (κ2) is 5.13. The smallest absolute Gasteiger partial charge is 0.262 e. The molecule has 0 aliphatic carbocycles. The van der Waals surface area contributed by atoms with Crippen molar-refractivity contribution < 1.29 is 12.8 Å². The van der Waals surface area contributed by atoms with Crippen LogP contribution >= 0.6 is 0 Å². The topological polar surface area (TPSA) is 72.2 Å². The Bertz CT molecular complexity index is 735. The molecule has 2 aromatic carbocycles. The van der Waals surface area contributed by atoms with Gasteiger partial charge in [0, 0.05) is 5.69 Å². The fraction of sp³-hybridized carbons (Fsp3) is 0.143. The first-order valence-corrected chi connectivity index (χ1v) is 7.43. The summed E-state index contributed by atoms with van der Waals surface area (Å²) in [6.45, 7) is 3.12. The van der Waals surface area contributed by atoms with Gasteiger partial charge in [0.25, 0.3) is 10.0 Å². The van der Waals surface area contributed by atoms with Crippen LogP contribution in [0.25, 0.3) is 0 Å². The summed E-state index contributed by atoms with van der Waals surface area (Å²) in [6, 6.07) is 8.82. The molecule has 0 atom stereocenters. The largest absolute Gasteiger partial charge is 0.399 e. The number of rotatable bonds is 3. The first-order valence-electron chi connectivity index (χ1n) is 5.95. The predicted octanol–water partition coefficient (Wildman–Crippen LogP) is 2.83. The van der Waals surface area contributed by atoms with Gasteiger partial charge in [-0.1, -0.05) is 6.07 Å². The van der Waals surface area contributed by atoms with Gasteiger partial charge in [0.05, 0.1) is 10.6 Å². The van der Waals surface area contributed by atoms with Crippen LogP contribution in [-0.4, -0.2) is 8.42 Å². The highest BCUT2D eigenvalue weighted by molar-refractivity contribution is 7.92. The summed E-state index contributed by atoms with van der Waals surface area (Å²) in [5.41, 5.74) is 7.16. The number of nitrogens with one attached hydrogen (secondary N) is 1. The second-order valence-corrected chi connectivity index (χ2v) is 6.22. The van der Waals surface area contributed by atoms with Crippen LogP contribution in [0.15, 0.2) is 41.3 Å². The van der Waals surface area contributed by atoms with Gasteiger partial charge < -0.3 is 5.73 Å². The maximum absolute atomic E-state index is 13.2. The van der Waals surface area contributed by atoms with Gasteiger partial charge in [-0.15, -0.1) is 0 Å². The molecule has 0 heterocycles. The van der Waals surface area contributed by atoms with Gasteiger partial charge in [-0.25, -0.2) is 12.8 Å². The van der Waals surface area contributed by atoms with Crippen LogP contribution in [0.2, 0.25) is 0 Å². The molecular weight excluding hydrogens is 279 g/mol. The van der Waals surface area contributed by atoms with Crippen LogP contribution in [-0.2, 0) is 10.0 Å². The maximum Gasteiger partial charge on any atom is 0.262 e. The minimum atomic E-state index is -3.78. The Balaban J connectivity index is 2.46. The van der Waals surface area contributed by atoms with Crippen molar-refractivity contribution in [1.82, 2.24) is 0 Å². The van der Waals surface area contributed by atoms with Crippen molar-refractivity contribution in [2.75, 3.05) is 10.5 Å². The monoisotopic (exact) mass is 294 g/mol. The molecule has 0 aliphatic rings. The van der Waals surface area contributed by atoms with Crippen LogP contribution in [0.1, 0.15) is 11.1 Å². The molecule has 0 saturated carbocycles. The molecule has 2 aromatic rings. The van der Waals surface area contributed by atoms with Crippen molar-refractivity contribution in [2.24, 2.45) is 0 Å². The van der Waals surface area contributed by atoms with E-state index < -0.39 is 15.8 Å². The van der Waals surface area contributed by atoms with E-state index in [1.165, 1.54) is 18.2 Å². The van der Waals surface area contributed by atoms with E-state index in [9.17, 15) is 12.8 Å². The Labute approximate surface area is 117 Å². The molecule has 0 amide bonds. The number of hydrogen-bond acceptors (Lipinski definition) is 3. The van der Waals surface area contributed by atoms with Gasteiger partial charge in [0.1, 0.15) is 5.82 Å². The normalized spacial score (nSPS) is 11.3. The van der Waals surface area contributed by atoms with E-state index in [-0.39, 0.29) is 4.90 Å². The van der Waals surface area contributed by atoms with Crippen LogP contribution in [0.5, 0.6) is 0 Å². The van der Waals surface area contributed by atoms with Crippen molar-refractivity contribution >= 4 is 21.4 Å². The lowest BCUT2D eigenvalue weighted by Gasteiger charge is -2.13. The zero-order valence-electron chi connectivity index (χ0n) is 11.1. The third kappa shape index (κ3) is 2.91. The van der Waals surface area contributed by atoms with Gasteiger partial charge in [0.15, 0.2) is 0 Å². The van der Waals surface area contributed by atoms with E-state index in [4.69, 9.17) is 5.73 Å². The summed E-state index contributed by atoms with van der Waals surface area (Å²) < 4.78 is 40.5. The molecule has 3 N–H and O–H groups in total. The van der Waals surface area contributed by atoms with E-state index in [0.29, 0.717) is 22.5 Å². The average Bonchev–Trinajstić information content (AvgIpc) is 2.25. The molecule has 0 radical (unpaired) electrons. The molecule has 0 aromatic heterocycles. The van der Waals surface area contributed by atoms with Crippen molar-refractivity contribution in [3.63, 3.8) is 0 Å². The number of nitrogens with two attached hydrogens (primary N) is 1. The Morgan fingerprint density at radius 3 is 2.25 bits per heavy atom. The fourth-order valence-corrected chi connectivity index (χ4v) is 3.63. The van der Waals surface area contributed by atoms with E-state index in [1.807, 2.05) is 0 Å². The van der Waals surface area contributed by atoms with E-state index in [1.54, 1.807) is 32.0 Å². The predicted molar refractivity (Wildman–Crippen MR) is 77.5 cm³/mol. The zero-order valence-corrected chi connectivity index (χ0v) is 12.0. The molecule has 0 fully saturated rings. The molecule has 0 saturated heterocycles. The fourth-order valence-electron chi connectivity index (χ4n) is 2.13. The second-order valence-electron chi connectivity index (χ2n) is 4.60. The van der Waals surface area contributed by atoms with Gasteiger partial charge in [-0.05, 0) is 55.3 Å². The summed E-state index contributed by atoms with van der Waals surface area (Å²) in [5.74, 6) is -0.456. The van der Waals surface area contributed by atoms with E-state index in [0.717, 1.165) is 0 Å². The molecule has 6 heteroatoms. The lowest BCUT2D eigenvalue weighted by Crippen LogP contribution is -2.16. The zero-order chi connectivity index (χ0) is 14.9. The number of benzene rings is 2. The quantitative estimate of drug-likeness (QED) is 0.855. The highest BCUT2D eigenvalue weighted by atomic mass is 32.2. The third-order valence-corrected chi connectivity index (χ3v) is 4.52. The molecule has 20 heavy (non-hydrogen) atoms. The highest BCUT2D eigenvalue weighted by Gasteiger charge is 2.20. The number of anilines is 2. The molecule has 2 rings (SSSR count). The Morgan fingerprint density at radius 1 is 1.10 bits per heavy atom. The molecule has 0 spiro atoms. The third-order valence-electron chi connectivity index (χ3n) is 2.83. The summed E-state index contributed by atoms with van der Waals surface area (Å²) >= 11 is 0. The molecule has 4 nitrogen and oxygen atoms in total. The van der Waals surface area contributed by atoms with Gasteiger partial charge >= 0.3 is 0 Å². The summed E-state index contributed by atoms with van der Waals surface area (Å²) in [7, 11) is -3.78. The van der Waals surface area contributed by atoms with E-state index in [2.05, 4.69) is 4.72 Å². The average molecular weight is 294 g/mol. The molecule has 0 unspecified atom stereocenters. The summed E-state index contributed by atoms with van der Waals surface area (Å²) in [5, 5.41) is 0. The van der Waals surface area contributed by atoms with Crippen molar-refractivity contribution in [3.8, 4) is 0 Å². The molecule has 0 aliphatic heterocycles. The minimum Gasteiger partial charge on any atom is -0.399 e. The Morgan fingerprint density at radius 2 is 1.70 bits per heavy atom. The molecular formula is C14H15FN2O2S. The number of halogens is 1. The van der Waals surface area contributed by atoms with Gasteiger partial charge in [-0.3, -0.25) is 4.72 Å². The van der Waals surface area contributed by atoms with Crippen molar-refractivity contribution in [2.45, 2.75) is 18.7 Å². The van der Waals surface area contributed by atoms with Gasteiger partial charge in [0.2, 0.25) is 0 Å². The van der Waals surface area contributed by atoms with Crippen molar-refractivity contribution in [1.29, 1.82) is 0 Å². The molecule has 106 valence electrons. The van der Waals surface area contributed by atoms with Crippen LogP contribution in [0.3, 0.4) is 0 Å². The lowest BCUT2D eigenvalue weighted by atomic mass is 10.1. The number of nitrogen functional groups attached to an aromatic ring is 1. The number of sulfonamides is 1. The minimum absolute atomic E-state index is 0.0846. The summed E-state index contributed by atoms with van der Waals surface area (Å²) in [4.78, 5) is 0.0846. The Kier molecular flexibility index (Phi) is 3.67. The van der Waals surface area contributed by atoms with Crippen molar-refractivity contribution in [3.05, 3.63) is 53.3 Å². The molecule has 0 bridgehead atoms. The Hall–Kier alpha value is -2.08. The van der Waals surface area contributed by atoms with Crippen LogP contribution in [0.4, 0.5) is 15.8 Å². The van der Waals surface area contributed by atoms with E-state index >= 15 is 0 Å². The SMILES string of the molecule is Cc1cc(F)cc(C)c1S(=O)(=O)Nc1cccc(N)c1. The lowest BCUT2D eigenvalue weighted by molar-refractivity contribution is 0.597. The van der Waals surface area contributed by atoms with Crippen LogP contribution in [0, 0.1) is 19.7 Å². The number of hydrogen-bond donors (Lipinski definition) is 2. The van der Waals surface area contributed by atoms with Gasteiger partial charge in [-0.2, -0.15) is 0 Å².